The van der Waals surface area contributed by atoms with Crippen molar-refractivity contribution in [2.24, 2.45) is 5.92 Å². The van der Waals surface area contributed by atoms with E-state index in [1.807, 2.05) is 13.8 Å². The normalized spacial score (nSPS) is 9.25. The summed E-state index contributed by atoms with van der Waals surface area (Å²) in [4.78, 5) is 6.74. The van der Waals surface area contributed by atoms with Crippen molar-refractivity contribution < 1.29 is 0 Å². The number of rotatable bonds is 0. The minimum Gasteiger partial charge on any atom is -0.336 e. The summed E-state index contributed by atoms with van der Waals surface area (Å²) in [7, 11) is 0. The first kappa shape index (κ1) is 8.95. The Labute approximate surface area is 77.1 Å². The Morgan fingerprint density at radius 2 is 2.33 bits per heavy atom. The van der Waals surface area contributed by atoms with Crippen LogP contribution < -0.4 is 0 Å². The Morgan fingerprint density at radius 3 is 2.83 bits per heavy atom. The fourth-order valence-electron chi connectivity index (χ4n) is 0.638. The molecule has 0 spiro atoms. The number of nitrogens with one attached hydrogen (secondary N) is 1. The van der Waals surface area contributed by atoms with Crippen LogP contribution in [0.3, 0.4) is 0 Å². The molecule has 0 radical (unpaired) electrons. The van der Waals surface area contributed by atoms with E-state index in [1.165, 1.54) is 0 Å². The number of hydrogen-bond acceptors (Lipinski definition) is 2. The lowest BCUT2D eigenvalue weighted by Crippen LogP contribution is -1.84. The van der Waals surface area contributed by atoms with Crippen LogP contribution in [-0.4, -0.2) is 9.97 Å². The Morgan fingerprint density at radius 1 is 1.58 bits per heavy atom. The lowest BCUT2D eigenvalue weighted by atomic mass is 10.2. The molecule has 0 bridgehead atoms. The summed E-state index contributed by atoms with van der Waals surface area (Å²) < 4.78 is 0.491. The third-order valence-electron chi connectivity index (χ3n) is 1.18. The third-order valence-corrected chi connectivity index (χ3v) is 1.40. The average molecular weight is 178 g/mol. The molecule has 0 aliphatic rings. The standard InChI is InChI=1S/C9H10N2S/c1-7(2)3-4-8-5-10-9(12)11-6-8/h5-7H,1-2H3,(H,10,11,12). The largest absolute Gasteiger partial charge is 0.336 e. The zero-order chi connectivity index (χ0) is 8.97. The maximum absolute atomic E-state index is 4.79. The van der Waals surface area contributed by atoms with Crippen LogP contribution in [0.1, 0.15) is 19.4 Å². The first-order chi connectivity index (χ1) is 5.68. The van der Waals surface area contributed by atoms with Gasteiger partial charge in [0.05, 0.1) is 5.56 Å². The molecular formula is C9H10N2S. The first-order valence-electron chi connectivity index (χ1n) is 3.75. The van der Waals surface area contributed by atoms with E-state index in [0.717, 1.165) is 5.56 Å². The first-order valence-corrected chi connectivity index (χ1v) is 4.15. The van der Waals surface area contributed by atoms with Crippen LogP contribution in [0.15, 0.2) is 12.4 Å². The van der Waals surface area contributed by atoms with E-state index >= 15 is 0 Å². The van der Waals surface area contributed by atoms with Crippen molar-refractivity contribution in [2.75, 3.05) is 0 Å². The van der Waals surface area contributed by atoms with Gasteiger partial charge in [0.2, 0.25) is 0 Å². The Balaban J connectivity index is 2.87. The monoisotopic (exact) mass is 178 g/mol. The molecule has 0 saturated carbocycles. The summed E-state index contributed by atoms with van der Waals surface area (Å²) >= 11 is 4.79. The maximum Gasteiger partial charge on any atom is 0.196 e. The number of aromatic nitrogens is 2. The summed E-state index contributed by atoms with van der Waals surface area (Å²) in [5.74, 6) is 6.40. The van der Waals surface area contributed by atoms with E-state index < -0.39 is 0 Å². The highest BCUT2D eigenvalue weighted by Gasteiger charge is 1.85. The number of nitrogens with zero attached hydrogens (tertiary/aromatic N) is 1. The van der Waals surface area contributed by atoms with Crippen LogP contribution in [0.25, 0.3) is 0 Å². The van der Waals surface area contributed by atoms with E-state index in [2.05, 4.69) is 21.8 Å². The van der Waals surface area contributed by atoms with Gasteiger partial charge in [-0.25, -0.2) is 4.98 Å². The van der Waals surface area contributed by atoms with Crippen LogP contribution in [0.5, 0.6) is 0 Å². The molecule has 0 atom stereocenters. The minimum absolute atomic E-state index is 0.383. The quantitative estimate of drug-likeness (QED) is 0.487. The summed E-state index contributed by atoms with van der Waals surface area (Å²) in [5, 5.41) is 0. The van der Waals surface area contributed by atoms with Crippen molar-refractivity contribution in [1.29, 1.82) is 0 Å². The van der Waals surface area contributed by atoms with Gasteiger partial charge in [0, 0.05) is 18.3 Å². The van der Waals surface area contributed by atoms with Gasteiger partial charge in [-0.15, -0.1) is 0 Å². The second-order valence-electron chi connectivity index (χ2n) is 2.73. The number of aromatic amines is 1. The zero-order valence-corrected chi connectivity index (χ0v) is 7.90. The average Bonchev–Trinajstić information content (AvgIpc) is 2.03. The van der Waals surface area contributed by atoms with Gasteiger partial charge in [-0.1, -0.05) is 25.7 Å². The summed E-state index contributed by atoms with van der Waals surface area (Å²) in [6, 6.07) is 0. The topological polar surface area (TPSA) is 28.7 Å². The van der Waals surface area contributed by atoms with Gasteiger partial charge in [0.15, 0.2) is 4.77 Å². The fourth-order valence-corrected chi connectivity index (χ4v) is 0.750. The molecule has 0 saturated heterocycles. The summed E-state index contributed by atoms with van der Waals surface area (Å²) in [6.45, 7) is 4.09. The molecule has 2 nitrogen and oxygen atoms in total. The second kappa shape index (κ2) is 4.03. The van der Waals surface area contributed by atoms with Gasteiger partial charge >= 0.3 is 0 Å². The second-order valence-corrected chi connectivity index (χ2v) is 3.12. The predicted molar refractivity (Wildman–Crippen MR) is 51.1 cm³/mol. The zero-order valence-electron chi connectivity index (χ0n) is 7.09. The van der Waals surface area contributed by atoms with E-state index in [4.69, 9.17) is 12.2 Å². The highest BCUT2D eigenvalue weighted by Crippen LogP contribution is 1.92. The maximum atomic E-state index is 4.79. The van der Waals surface area contributed by atoms with Crippen LogP contribution in [0.2, 0.25) is 0 Å². The molecule has 0 unspecified atom stereocenters. The molecule has 1 aromatic heterocycles. The predicted octanol–water partition coefficient (Wildman–Crippen LogP) is 2.15. The van der Waals surface area contributed by atoms with E-state index in [-0.39, 0.29) is 0 Å². The van der Waals surface area contributed by atoms with Gasteiger partial charge < -0.3 is 4.98 Å². The van der Waals surface area contributed by atoms with Crippen molar-refractivity contribution in [3.8, 4) is 11.8 Å². The van der Waals surface area contributed by atoms with Gasteiger partial charge in [-0.2, -0.15) is 0 Å². The molecule has 1 N–H and O–H groups in total. The van der Waals surface area contributed by atoms with Crippen molar-refractivity contribution in [2.45, 2.75) is 13.8 Å². The highest BCUT2D eigenvalue weighted by molar-refractivity contribution is 7.71. The molecular weight excluding hydrogens is 168 g/mol. The molecule has 0 aromatic carbocycles. The molecule has 1 heterocycles. The van der Waals surface area contributed by atoms with Gasteiger partial charge in [-0.05, 0) is 12.2 Å². The van der Waals surface area contributed by atoms with Crippen LogP contribution >= 0.6 is 12.2 Å². The molecule has 0 aliphatic heterocycles. The Hall–Kier alpha value is -1.14. The fraction of sp³-hybridized carbons (Fsp3) is 0.333. The lowest BCUT2D eigenvalue weighted by Gasteiger charge is -1.89. The lowest BCUT2D eigenvalue weighted by molar-refractivity contribution is 0.866. The van der Waals surface area contributed by atoms with Gasteiger partial charge in [-0.3, -0.25) is 0 Å². The van der Waals surface area contributed by atoms with E-state index in [0.29, 0.717) is 10.7 Å². The minimum atomic E-state index is 0.383. The molecule has 0 aliphatic carbocycles. The van der Waals surface area contributed by atoms with Crippen molar-refractivity contribution >= 4 is 12.2 Å². The third kappa shape index (κ3) is 2.85. The summed E-state index contributed by atoms with van der Waals surface area (Å²) in [6.07, 6.45) is 3.44. The van der Waals surface area contributed by atoms with Crippen LogP contribution in [0, 0.1) is 22.5 Å². The SMILES string of the molecule is CC(C)C#Cc1cnc(=S)[nH]c1. The molecule has 12 heavy (non-hydrogen) atoms. The Bertz CT molecular complexity index is 348. The summed E-state index contributed by atoms with van der Waals surface area (Å²) in [5.41, 5.74) is 0.873. The molecule has 1 rings (SSSR count). The van der Waals surface area contributed by atoms with E-state index in [9.17, 15) is 0 Å². The van der Waals surface area contributed by atoms with Crippen molar-refractivity contribution in [1.82, 2.24) is 9.97 Å². The van der Waals surface area contributed by atoms with Crippen LogP contribution in [-0.2, 0) is 0 Å². The van der Waals surface area contributed by atoms with Gasteiger partial charge in [0.1, 0.15) is 0 Å². The van der Waals surface area contributed by atoms with Crippen molar-refractivity contribution in [3.05, 3.63) is 22.7 Å². The Kier molecular flexibility index (Phi) is 3.01. The van der Waals surface area contributed by atoms with Gasteiger partial charge in [0.25, 0.3) is 0 Å². The highest BCUT2D eigenvalue weighted by atomic mass is 32.1. The molecule has 3 heteroatoms. The smallest absolute Gasteiger partial charge is 0.196 e. The van der Waals surface area contributed by atoms with E-state index in [1.54, 1.807) is 12.4 Å². The molecule has 62 valence electrons. The molecule has 0 fully saturated rings. The van der Waals surface area contributed by atoms with Crippen molar-refractivity contribution in [3.63, 3.8) is 0 Å². The number of H-pyrrole nitrogens is 1. The molecule has 1 aromatic rings. The number of hydrogen-bond donors (Lipinski definition) is 1. The molecule has 0 amide bonds. The van der Waals surface area contributed by atoms with Crippen LogP contribution in [0.4, 0.5) is 0 Å².